The van der Waals surface area contributed by atoms with Crippen molar-refractivity contribution >= 4 is 29.2 Å². The van der Waals surface area contributed by atoms with Crippen LogP contribution in [0.15, 0.2) is 48.5 Å². The first-order valence-electron chi connectivity index (χ1n) is 11.2. The van der Waals surface area contributed by atoms with E-state index < -0.39 is 35.9 Å². The molecule has 2 saturated heterocycles. The van der Waals surface area contributed by atoms with Gasteiger partial charge in [-0.3, -0.25) is 14.5 Å². The van der Waals surface area contributed by atoms with E-state index in [2.05, 4.69) is 0 Å². The van der Waals surface area contributed by atoms with Gasteiger partial charge >= 0.3 is 6.09 Å². The summed E-state index contributed by atoms with van der Waals surface area (Å²) in [6.45, 7) is 4.44. The number of cyclic esters (lactones) is 1. The normalized spacial score (nSPS) is 22.8. The zero-order chi connectivity index (χ0) is 24.4. The standard InChI is InChI=1S/C25H28FN3O5/c1-15-11-29(23(15)21(30)14-33-13-17-6-4-3-5-7-17)20-9-8-18(10-19(20)26)28-12-22(34-25(28)32)16(2)24(27)31/h3-10,15-16,22-23H,11-14H2,1-2H3,(H2,27,31). The minimum absolute atomic E-state index is 0.0564. The van der Waals surface area contributed by atoms with E-state index in [-0.39, 0.29) is 30.5 Å². The average molecular weight is 470 g/mol. The molecule has 180 valence electrons. The van der Waals surface area contributed by atoms with Crippen molar-refractivity contribution < 1.29 is 28.2 Å². The van der Waals surface area contributed by atoms with Crippen molar-refractivity contribution in [2.24, 2.45) is 17.6 Å². The van der Waals surface area contributed by atoms with Crippen molar-refractivity contribution in [1.82, 2.24) is 0 Å². The summed E-state index contributed by atoms with van der Waals surface area (Å²) >= 11 is 0. The zero-order valence-corrected chi connectivity index (χ0v) is 19.1. The molecule has 0 saturated carbocycles. The van der Waals surface area contributed by atoms with Crippen molar-refractivity contribution in [2.75, 3.05) is 29.5 Å². The Kier molecular flexibility index (Phi) is 6.83. The lowest BCUT2D eigenvalue weighted by Gasteiger charge is -2.47. The quantitative estimate of drug-likeness (QED) is 0.606. The number of Topliss-reactive ketones (excluding diaryl/α,β-unsaturated/α-hetero) is 1. The number of halogens is 1. The number of anilines is 2. The molecule has 0 spiro atoms. The van der Waals surface area contributed by atoms with Gasteiger partial charge in [0.05, 0.1) is 36.5 Å². The number of carbonyl (C=O) groups is 3. The van der Waals surface area contributed by atoms with Gasteiger partial charge in [0.15, 0.2) is 5.78 Å². The van der Waals surface area contributed by atoms with E-state index in [1.807, 2.05) is 37.3 Å². The van der Waals surface area contributed by atoms with Crippen LogP contribution >= 0.6 is 0 Å². The van der Waals surface area contributed by atoms with Crippen molar-refractivity contribution in [3.05, 3.63) is 59.9 Å². The molecule has 0 aliphatic carbocycles. The predicted molar refractivity (Wildman–Crippen MR) is 124 cm³/mol. The van der Waals surface area contributed by atoms with Crippen molar-refractivity contribution in [3.8, 4) is 0 Å². The lowest BCUT2D eigenvalue weighted by molar-refractivity contribution is -0.128. The van der Waals surface area contributed by atoms with E-state index in [9.17, 15) is 14.4 Å². The number of benzene rings is 2. The third-order valence-electron chi connectivity index (χ3n) is 6.44. The first kappa shape index (κ1) is 23.7. The van der Waals surface area contributed by atoms with E-state index in [1.165, 1.54) is 11.0 Å². The molecule has 2 heterocycles. The fourth-order valence-corrected chi connectivity index (χ4v) is 4.40. The van der Waals surface area contributed by atoms with Gasteiger partial charge in [-0.25, -0.2) is 9.18 Å². The molecule has 4 unspecified atom stereocenters. The highest BCUT2D eigenvalue weighted by atomic mass is 19.1. The number of nitrogens with two attached hydrogens (primary N) is 1. The van der Waals surface area contributed by atoms with Gasteiger partial charge in [0, 0.05) is 12.5 Å². The molecule has 9 heteroatoms. The smallest absolute Gasteiger partial charge is 0.414 e. The number of primary amides is 1. The molecular weight excluding hydrogens is 441 g/mol. The maximum absolute atomic E-state index is 15.1. The Bertz CT molecular complexity index is 1080. The maximum Gasteiger partial charge on any atom is 0.414 e. The number of amides is 2. The zero-order valence-electron chi connectivity index (χ0n) is 19.1. The highest BCUT2D eigenvalue weighted by Crippen LogP contribution is 2.36. The SMILES string of the molecule is CC1CN(c2ccc(N3CC(C(C)C(N)=O)OC3=O)cc2F)C1C(=O)COCc1ccccc1. The van der Waals surface area contributed by atoms with Crippen LogP contribution in [0.5, 0.6) is 0 Å². The fourth-order valence-electron chi connectivity index (χ4n) is 4.40. The summed E-state index contributed by atoms with van der Waals surface area (Å²) in [6.07, 6.45) is -1.35. The topological polar surface area (TPSA) is 102 Å². The Hall–Kier alpha value is -3.46. The summed E-state index contributed by atoms with van der Waals surface area (Å²) in [7, 11) is 0. The van der Waals surface area contributed by atoms with Gasteiger partial charge in [-0.15, -0.1) is 0 Å². The molecule has 0 radical (unpaired) electrons. The summed E-state index contributed by atoms with van der Waals surface area (Å²) < 4.78 is 25.9. The molecule has 2 fully saturated rings. The molecule has 4 rings (SSSR count). The number of hydrogen-bond acceptors (Lipinski definition) is 6. The summed E-state index contributed by atoms with van der Waals surface area (Å²) in [5, 5.41) is 0. The van der Waals surface area contributed by atoms with Crippen LogP contribution in [0.2, 0.25) is 0 Å². The lowest BCUT2D eigenvalue weighted by Crippen LogP contribution is -2.60. The highest BCUT2D eigenvalue weighted by molar-refractivity contribution is 5.92. The van der Waals surface area contributed by atoms with Gasteiger partial charge in [0.2, 0.25) is 5.91 Å². The molecule has 0 bridgehead atoms. The third kappa shape index (κ3) is 4.75. The van der Waals surface area contributed by atoms with Crippen LogP contribution in [-0.4, -0.2) is 49.6 Å². The number of ether oxygens (including phenoxy) is 2. The Morgan fingerprint density at radius 1 is 1.21 bits per heavy atom. The molecule has 2 N–H and O–H groups in total. The van der Waals surface area contributed by atoms with Gasteiger partial charge in [-0.1, -0.05) is 37.3 Å². The lowest BCUT2D eigenvalue weighted by atomic mass is 9.86. The average Bonchev–Trinajstić information content (AvgIpc) is 3.19. The first-order chi connectivity index (χ1) is 16.3. The summed E-state index contributed by atoms with van der Waals surface area (Å²) in [5.74, 6) is -1.82. The Morgan fingerprint density at radius 2 is 1.94 bits per heavy atom. The van der Waals surface area contributed by atoms with Crippen LogP contribution in [0.25, 0.3) is 0 Å². The molecule has 4 atom stereocenters. The molecule has 0 aromatic heterocycles. The van der Waals surface area contributed by atoms with Gasteiger partial charge in [-0.2, -0.15) is 0 Å². The summed E-state index contributed by atoms with van der Waals surface area (Å²) in [4.78, 5) is 39.5. The minimum Gasteiger partial charge on any atom is -0.443 e. The van der Waals surface area contributed by atoms with Crippen LogP contribution in [0.1, 0.15) is 19.4 Å². The number of rotatable bonds is 9. The number of ketones is 1. The predicted octanol–water partition coefficient (Wildman–Crippen LogP) is 2.88. The second-order valence-corrected chi connectivity index (χ2v) is 8.88. The van der Waals surface area contributed by atoms with Gasteiger partial charge in [0.25, 0.3) is 0 Å². The van der Waals surface area contributed by atoms with Crippen molar-refractivity contribution in [3.63, 3.8) is 0 Å². The molecule has 2 aliphatic rings. The van der Waals surface area contributed by atoms with Crippen LogP contribution < -0.4 is 15.5 Å². The molecule has 2 amide bonds. The van der Waals surface area contributed by atoms with Crippen LogP contribution in [0.3, 0.4) is 0 Å². The van der Waals surface area contributed by atoms with E-state index >= 15 is 4.39 Å². The Morgan fingerprint density at radius 3 is 2.59 bits per heavy atom. The third-order valence-corrected chi connectivity index (χ3v) is 6.44. The molecule has 34 heavy (non-hydrogen) atoms. The number of hydrogen-bond donors (Lipinski definition) is 1. The highest BCUT2D eigenvalue weighted by Gasteiger charge is 2.42. The minimum atomic E-state index is -0.693. The molecular formula is C25H28FN3O5. The van der Waals surface area contributed by atoms with E-state index in [0.29, 0.717) is 18.8 Å². The summed E-state index contributed by atoms with van der Waals surface area (Å²) in [5.41, 5.74) is 6.88. The summed E-state index contributed by atoms with van der Waals surface area (Å²) in [6, 6.07) is 13.5. The molecule has 2 aromatic rings. The number of carbonyl (C=O) groups excluding carboxylic acids is 3. The van der Waals surface area contributed by atoms with Crippen LogP contribution in [0.4, 0.5) is 20.6 Å². The molecule has 8 nitrogen and oxygen atoms in total. The fraction of sp³-hybridized carbons (Fsp3) is 0.400. The number of nitrogens with zero attached hydrogens (tertiary/aromatic N) is 2. The van der Waals surface area contributed by atoms with Crippen molar-refractivity contribution in [1.29, 1.82) is 0 Å². The van der Waals surface area contributed by atoms with E-state index in [1.54, 1.807) is 24.0 Å². The second-order valence-electron chi connectivity index (χ2n) is 8.88. The molecule has 2 aliphatic heterocycles. The van der Waals surface area contributed by atoms with Gasteiger partial charge in [-0.05, 0) is 30.7 Å². The van der Waals surface area contributed by atoms with Gasteiger partial charge in [0.1, 0.15) is 18.5 Å². The first-order valence-corrected chi connectivity index (χ1v) is 11.2. The second kappa shape index (κ2) is 9.80. The van der Waals surface area contributed by atoms with Crippen LogP contribution in [-0.2, 0) is 25.7 Å². The van der Waals surface area contributed by atoms with Gasteiger partial charge < -0.3 is 20.1 Å². The van der Waals surface area contributed by atoms with E-state index in [0.717, 1.165) is 5.56 Å². The largest absolute Gasteiger partial charge is 0.443 e. The monoisotopic (exact) mass is 469 g/mol. The van der Waals surface area contributed by atoms with Crippen molar-refractivity contribution in [2.45, 2.75) is 32.6 Å². The van der Waals surface area contributed by atoms with E-state index in [4.69, 9.17) is 15.2 Å². The Balaban J connectivity index is 1.40. The Labute approximate surface area is 197 Å². The maximum atomic E-state index is 15.1. The van der Waals surface area contributed by atoms with Crippen LogP contribution in [0, 0.1) is 17.7 Å². The molecule has 2 aromatic carbocycles.